The Hall–Kier alpha value is -2.04. The molecule has 0 saturated heterocycles. The van der Waals surface area contributed by atoms with E-state index in [1.54, 1.807) is 0 Å². The lowest BCUT2D eigenvalue weighted by molar-refractivity contribution is 0.565. The molecule has 0 aliphatic rings. The smallest absolute Gasteiger partial charge is 0.116 e. The monoisotopic (exact) mass is 746 g/mol. The van der Waals surface area contributed by atoms with Crippen molar-refractivity contribution in [1.29, 1.82) is 0 Å². The number of H-pyrrole nitrogens is 2. The van der Waals surface area contributed by atoms with Crippen molar-refractivity contribution >= 4 is 129 Å². The molecule has 0 atom stereocenters. The van der Waals surface area contributed by atoms with Gasteiger partial charge in [0.15, 0.2) is 0 Å². The van der Waals surface area contributed by atoms with E-state index in [-0.39, 0.29) is 0 Å². The molecule has 0 unspecified atom stereocenters. The first-order chi connectivity index (χ1) is 24.3. The minimum Gasteiger partial charge on any atom is -0.351 e. The van der Waals surface area contributed by atoms with Gasteiger partial charge < -0.3 is 9.97 Å². The van der Waals surface area contributed by atoms with Gasteiger partial charge in [0.1, 0.15) is 11.0 Å². The van der Waals surface area contributed by atoms with Gasteiger partial charge in [0.25, 0.3) is 0 Å². The van der Waals surface area contributed by atoms with Crippen LogP contribution in [0.3, 0.4) is 0 Å². The van der Waals surface area contributed by atoms with Gasteiger partial charge in [-0.15, -0.1) is 45.3 Å². The molecular weight excluding hydrogens is 697 g/mol. The molecule has 0 saturated carbocycles. The van der Waals surface area contributed by atoms with E-state index in [0.717, 1.165) is 11.0 Å². The van der Waals surface area contributed by atoms with Crippen LogP contribution in [0.4, 0.5) is 0 Å². The largest absolute Gasteiger partial charge is 0.351 e. The number of unbranched alkanes of at least 4 members (excludes halogenated alkanes) is 16. The number of benzene rings is 1. The van der Waals surface area contributed by atoms with Crippen LogP contribution in [0.5, 0.6) is 0 Å². The summed E-state index contributed by atoms with van der Waals surface area (Å²) in [6, 6.07) is 0. The molecule has 2 N–H and O–H groups in total. The molecule has 0 radical (unpaired) electrons. The summed E-state index contributed by atoms with van der Waals surface area (Å²) < 4.78 is 18.4. The Bertz CT molecular complexity index is 2140. The van der Waals surface area contributed by atoms with Gasteiger partial charge in [0, 0.05) is 10.8 Å². The SMILES string of the molecule is CCCCCCCCCCCc1csc2c1sc1c2[nH]c2c3[nH]c4c5scc(CCCCCCCCCCC)c5sc4c3c3nsnc3c21. The predicted octanol–water partition coefficient (Wildman–Crippen LogP) is 15.7. The van der Waals surface area contributed by atoms with Gasteiger partial charge in [0.2, 0.25) is 0 Å². The number of nitrogens with zero attached hydrogens (tertiary/aromatic N) is 2. The fraction of sp³-hybridized carbons (Fsp3) is 0.550. The number of hydrogen-bond donors (Lipinski definition) is 2. The average Bonchev–Trinajstić information content (AvgIpc) is 3.95. The van der Waals surface area contributed by atoms with Gasteiger partial charge in [-0.2, -0.15) is 8.75 Å². The maximum Gasteiger partial charge on any atom is 0.116 e. The molecule has 9 heteroatoms. The van der Waals surface area contributed by atoms with E-state index in [1.165, 1.54) is 212 Å². The van der Waals surface area contributed by atoms with Crippen LogP contribution in [0.15, 0.2) is 10.8 Å². The van der Waals surface area contributed by atoms with Crippen molar-refractivity contribution in [2.45, 2.75) is 142 Å². The zero-order chi connectivity index (χ0) is 33.2. The van der Waals surface area contributed by atoms with Crippen molar-refractivity contribution in [3.05, 3.63) is 21.9 Å². The summed E-state index contributed by atoms with van der Waals surface area (Å²) in [5.74, 6) is 0. The van der Waals surface area contributed by atoms with Crippen LogP contribution >= 0.6 is 57.1 Å². The van der Waals surface area contributed by atoms with Crippen molar-refractivity contribution in [2.24, 2.45) is 0 Å². The van der Waals surface area contributed by atoms with E-state index < -0.39 is 0 Å². The highest BCUT2D eigenvalue weighted by molar-refractivity contribution is 7.33. The average molecular weight is 747 g/mol. The molecule has 7 aromatic heterocycles. The van der Waals surface area contributed by atoms with Crippen LogP contribution in [0.2, 0.25) is 0 Å². The number of rotatable bonds is 20. The van der Waals surface area contributed by atoms with Crippen molar-refractivity contribution in [3.8, 4) is 0 Å². The van der Waals surface area contributed by atoms with Crippen LogP contribution in [0.1, 0.15) is 141 Å². The number of fused-ring (bicyclic) bond motifs is 14. The van der Waals surface area contributed by atoms with E-state index in [0.29, 0.717) is 0 Å². The van der Waals surface area contributed by atoms with Crippen LogP contribution in [0, 0.1) is 0 Å². The van der Waals surface area contributed by atoms with Gasteiger partial charge in [0.05, 0.1) is 62.0 Å². The Kier molecular flexibility index (Phi) is 10.9. The summed E-state index contributed by atoms with van der Waals surface area (Å²) >= 11 is 9.16. The van der Waals surface area contributed by atoms with Crippen molar-refractivity contribution in [1.82, 2.24) is 18.7 Å². The molecule has 4 nitrogen and oxygen atoms in total. The van der Waals surface area contributed by atoms with Gasteiger partial charge in [-0.05, 0) is 47.6 Å². The number of nitrogens with one attached hydrogen (secondary N) is 2. The first-order valence-electron chi connectivity index (χ1n) is 19.2. The Labute approximate surface area is 310 Å². The first-order valence-corrected chi connectivity index (χ1v) is 23.3. The zero-order valence-corrected chi connectivity index (χ0v) is 33.3. The van der Waals surface area contributed by atoms with E-state index in [2.05, 4.69) is 34.6 Å². The standard InChI is InChI=1S/C40H50N4S5/c1-3-5-7-9-11-13-15-17-19-21-25-23-45-39-33-37(47-35(25)39)27-29(41-33)30-28(32-31(27)43-49-44-32)38-34(42-30)40-36(48-38)26(24-46-40)22-20-18-16-14-12-10-8-6-4-2/h23-24,41-42H,3-22H2,1-2H3. The van der Waals surface area contributed by atoms with E-state index in [4.69, 9.17) is 8.75 Å². The topological polar surface area (TPSA) is 57.4 Å². The third-order valence-electron chi connectivity index (χ3n) is 10.7. The van der Waals surface area contributed by atoms with E-state index in [1.807, 2.05) is 45.3 Å². The van der Waals surface area contributed by atoms with Crippen LogP contribution in [-0.2, 0) is 12.8 Å². The number of hydrogen-bond acceptors (Lipinski definition) is 7. The molecule has 7 heterocycles. The maximum atomic E-state index is 4.94. The molecule has 0 bridgehead atoms. The molecule has 0 fully saturated rings. The predicted molar refractivity (Wildman–Crippen MR) is 225 cm³/mol. The second kappa shape index (κ2) is 15.7. The molecule has 8 aromatic rings. The Morgan fingerprint density at radius 3 is 1.24 bits per heavy atom. The van der Waals surface area contributed by atoms with E-state index >= 15 is 0 Å². The summed E-state index contributed by atoms with van der Waals surface area (Å²) in [6.45, 7) is 4.60. The summed E-state index contributed by atoms with van der Waals surface area (Å²) in [6.07, 6.45) is 27.2. The molecular formula is C40H50N4S5. The molecule has 0 aliphatic heterocycles. The number of aromatic amines is 2. The Morgan fingerprint density at radius 2 is 0.837 bits per heavy atom. The van der Waals surface area contributed by atoms with Crippen molar-refractivity contribution < 1.29 is 0 Å². The lowest BCUT2D eigenvalue weighted by Crippen LogP contribution is -1.85. The molecule has 8 rings (SSSR count). The van der Waals surface area contributed by atoms with Crippen LogP contribution < -0.4 is 0 Å². The molecule has 49 heavy (non-hydrogen) atoms. The number of aromatic nitrogens is 4. The molecule has 1 aromatic carbocycles. The van der Waals surface area contributed by atoms with Gasteiger partial charge in [-0.25, -0.2) is 0 Å². The van der Waals surface area contributed by atoms with Crippen molar-refractivity contribution in [3.63, 3.8) is 0 Å². The van der Waals surface area contributed by atoms with Gasteiger partial charge >= 0.3 is 0 Å². The summed E-state index contributed by atoms with van der Waals surface area (Å²) in [7, 11) is 0. The molecule has 0 amide bonds. The lowest BCUT2D eigenvalue weighted by Gasteiger charge is -2.02. The minimum atomic E-state index is 1.07. The third kappa shape index (κ3) is 6.61. The molecule has 0 aliphatic carbocycles. The highest BCUT2D eigenvalue weighted by atomic mass is 32.1. The third-order valence-corrected chi connectivity index (χ3v) is 16.2. The van der Waals surface area contributed by atoms with E-state index in [9.17, 15) is 0 Å². The Morgan fingerprint density at radius 1 is 0.449 bits per heavy atom. The normalized spacial score (nSPS) is 12.7. The fourth-order valence-electron chi connectivity index (χ4n) is 7.97. The fourth-order valence-corrected chi connectivity index (χ4v) is 13.8. The van der Waals surface area contributed by atoms with Crippen LogP contribution in [-0.4, -0.2) is 18.7 Å². The van der Waals surface area contributed by atoms with Crippen molar-refractivity contribution in [2.75, 3.05) is 0 Å². The van der Waals surface area contributed by atoms with Gasteiger partial charge in [-0.3, -0.25) is 0 Å². The van der Waals surface area contributed by atoms with Crippen LogP contribution in [0.25, 0.3) is 72.1 Å². The minimum absolute atomic E-state index is 1.07. The summed E-state index contributed by atoms with van der Waals surface area (Å²) in [5.41, 5.74) is 10.2. The highest BCUT2D eigenvalue weighted by Crippen LogP contribution is 2.50. The summed E-state index contributed by atoms with van der Waals surface area (Å²) in [4.78, 5) is 7.88. The highest BCUT2D eigenvalue weighted by Gasteiger charge is 2.25. The van der Waals surface area contributed by atoms with Gasteiger partial charge in [-0.1, -0.05) is 117 Å². The number of aryl methyl sites for hydroxylation is 2. The quantitative estimate of drug-likeness (QED) is 0.0763. The lowest BCUT2D eigenvalue weighted by atomic mass is 10.1. The molecule has 0 spiro atoms. The number of thiophene rings is 4. The first kappa shape index (κ1) is 34.1. The molecule has 260 valence electrons. The Balaban J connectivity index is 1.02. The summed E-state index contributed by atoms with van der Waals surface area (Å²) in [5, 5.41) is 7.38. The second-order valence-corrected chi connectivity index (χ2v) is 18.6. The zero-order valence-electron chi connectivity index (χ0n) is 29.2. The second-order valence-electron chi connectivity index (χ2n) is 14.3. The maximum absolute atomic E-state index is 4.94.